The number of aromatic nitrogens is 3. The molecule has 21 rings (SSSR count). The Bertz CT molecular complexity index is 7570. The second-order valence-corrected chi connectivity index (χ2v) is 33.4. The van der Waals surface area contributed by atoms with Crippen LogP contribution in [0.2, 0.25) is 0 Å². The average molecular weight is 1500 g/mol. The quantitative estimate of drug-likeness (QED) is 0.0899. The van der Waals surface area contributed by atoms with Gasteiger partial charge in [-0.05, 0) is 202 Å². The van der Waals surface area contributed by atoms with E-state index in [-0.39, 0.29) is 100 Å². The smallest absolute Gasteiger partial charge is 0.252 e. The van der Waals surface area contributed by atoms with Crippen LogP contribution in [-0.4, -0.2) is 20.4 Å². The molecule has 0 unspecified atom stereocenters. The Balaban J connectivity index is 0.867. The van der Waals surface area contributed by atoms with Crippen LogP contribution < -0.4 is 26.2 Å². The first kappa shape index (κ1) is 58.4. The lowest BCUT2D eigenvalue weighted by molar-refractivity contribution is 0.589. The fourth-order valence-corrected chi connectivity index (χ4v) is 18.7. The number of hydrogen-bond donors (Lipinski definition) is 0. The van der Waals surface area contributed by atoms with E-state index in [4.69, 9.17) is 5.48 Å². The molecule has 558 valence electrons. The number of anilines is 4. The van der Waals surface area contributed by atoms with Gasteiger partial charge in [0.15, 0.2) is 0 Å². The lowest BCUT2D eigenvalue weighted by Crippen LogP contribution is -2.62. The summed E-state index contributed by atoms with van der Waals surface area (Å²) in [6.07, 6.45) is 0.893. The third-order valence-corrected chi connectivity index (χ3v) is 24.3. The average Bonchev–Trinajstić information content (AvgIpc) is 0.891. The normalized spacial score (nSPS) is 14.2. The highest BCUT2D eigenvalue weighted by Crippen LogP contribution is 2.48. The van der Waals surface area contributed by atoms with Crippen molar-refractivity contribution in [3.8, 4) is 50.2 Å². The van der Waals surface area contributed by atoms with Crippen LogP contribution in [-0.2, 0) is 49.9 Å². The van der Waals surface area contributed by atoms with E-state index in [0.29, 0.717) is 35.8 Å². The molecule has 5 heterocycles. The first-order chi connectivity index (χ1) is 61.8. The molecule has 0 saturated heterocycles. The molecule has 2 aliphatic heterocycles. The number of fused-ring (bicyclic) bond motifs is 13. The molecule has 0 N–H and O–H groups in total. The van der Waals surface area contributed by atoms with Crippen LogP contribution >= 0.6 is 0 Å². The maximum absolute atomic E-state index is 10.2. The molecule has 0 atom stereocenters. The van der Waals surface area contributed by atoms with Gasteiger partial charge in [-0.25, -0.2) is 0 Å². The molecule has 0 radical (unpaired) electrons. The van der Waals surface area contributed by atoms with E-state index in [2.05, 4.69) is 340 Å². The van der Waals surface area contributed by atoms with E-state index >= 15 is 0 Å². The van der Waals surface area contributed by atoms with Gasteiger partial charge < -0.3 is 23.5 Å². The van der Waals surface area contributed by atoms with Crippen LogP contribution in [0, 0.1) is 0 Å². The summed E-state index contributed by atoms with van der Waals surface area (Å²) in [5.41, 5.74) is 27.8. The Morgan fingerprint density at radius 2 is 0.741 bits per heavy atom. The fourth-order valence-electron chi connectivity index (χ4n) is 18.7. The summed E-state index contributed by atoms with van der Waals surface area (Å²) in [7, 11) is 0. The number of rotatable bonds is 16. The molecule has 19 aromatic rings. The van der Waals surface area contributed by atoms with E-state index in [1.54, 1.807) is 4.57 Å². The van der Waals surface area contributed by atoms with Crippen molar-refractivity contribution in [3.05, 3.63) is 408 Å². The first-order valence-corrected chi connectivity index (χ1v) is 40.3. The van der Waals surface area contributed by atoms with Crippen molar-refractivity contribution in [1.82, 2.24) is 13.7 Å². The molecule has 0 fully saturated rings. The molecular formula is C110H90BN5. The highest BCUT2D eigenvalue weighted by atomic mass is 15.2. The number of aryl methyl sites for hydroxylation is 2. The minimum absolute atomic E-state index is 0.0376. The van der Waals surface area contributed by atoms with Gasteiger partial charge in [-0.3, -0.25) is 0 Å². The van der Waals surface area contributed by atoms with Crippen molar-refractivity contribution in [2.45, 2.75) is 91.4 Å². The molecule has 0 bridgehead atoms. The highest BCUT2D eigenvalue weighted by molar-refractivity contribution is 7.00. The minimum atomic E-state index is -0.495. The molecule has 0 spiro atoms. The standard InChI is InChI=1S/C110H90BN5/c1-109(2,3)81-40-29-31-74(62-81)61-75-54-57-97-105(64-75)114(71-94-84(77-32-11-7-12-33-77)46-30-47-85(94)78-34-13-8-14-35-78)106-65-76(70-113-100-50-26-21-45-90(100)93-69-83(55-58-101(93)113)116-102-51-27-22-43-88(102)89-44-23-28-52-103(89)116)66-107-108(106)111(97)96-56-53-73(59-60-112-98-48-24-19-41-86(98)87-42-20-25-49-99(87)112)63-104(96)115(107)72-95-91(79-36-15-9-16-37-79)67-82(110(4,5)6)68-92(95)80-38-17-10-18-39-80/h7-58,62-69H,59-61,70-72H2,1-6H3/i19D,20D,21D,24D,25D,26D,41D,42D,45D,48D,49D,50D. The van der Waals surface area contributed by atoms with Gasteiger partial charge in [-0.2, -0.15) is 0 Å². The molecule has 3 aromatic heterocycles. The SMILES string of the molecule is [2H]c1c([2H])c([2H])c2c(c1[2H])c1cc(-n3c4ccccc4c4ccccc43)ccc1n2Cc1cc2c3c(c1)N(Cc1c(-c4ccccc4)cccc1-c1ccccc1)c1cc(Cc4cccc(C(C)(C)C)c4)ccc1B3c1ccc(CCn3c4c([2H])c([2H])c([2H])c([2H])c4c4c([2H])c([2H])c([2H])c([2H])c43)cc1N2Cc1c(-c2ccccc2)cc(C(C)(C)C)cc1-c1ccccc1. The second-order valence-electron chi connectivity index (χ2n) is 33.4. The van der Waals surface area contributed by atoms with Crippen LogP contribution in [0.4, 0.5) is 22.7 Å². The summed E-state index contributed by atoms with van der Waals surface area (Å²) < 4.78 is 119. The topological polar surface area (TPSA) is 21.3 Å². The molecule has 16 aromatic carbocycles. The Hall–Kier alpha value is -13.4. The summed E-state index contributed by atoms with van der Waals surface area (Å²) in [6.45, 7) is 14.0. The zero-order valence-corrected chi connectivity index (χ0v) is 65.8. The van der Waals surface area contributed by atoms with E-state index < -0.39 is 30.9 Å². The first-order valence-electron chi connectivity index (χ1n) is 46.3. The van der Waals surface area contributed by atoms with Gasteiger partial charge in [0.2, 0.25) is 0 Å². The number of hydrogen-bond acceptors (Lipinski definition) is 2. The van der Waals surface area contributed by atoms with Crippen molar-refractivity contribution >= 4 is 111 Å². The van der Waals surface area contributed by atoms with Crippen LogP contribution in [0.1, 0.15) is 102 Å². The zero-order chi connectivity index (χ0) is 88.4. The fraction of sp³-hybridized carbons (Fsp3) is 0.127. The van der Waals surface area contributed by atoms with E-state index in [9.17, 15) is 11.0 Å². The Labute approximate surface area is 697 Å². The second kappa shape index (κ2) is 28.3. The van der Waals surface area contributed by atoms with Gasteiger partial charge in [0, 0.05) is 109 Å². The molecule has 2 aliphatic rings. The van der Waals surface area contributed by atoms with E-state index in [1.807, 2.05) is 12.1 Å². The maximum atomic E-state index is 10.2. The molecule has 0 saturated carbocycles. The molecular weight excluding hydrogens is 1400 g/mol. The predicted molar refractivity (Wildman–Crippen MR) is 493 cm³/mol. The van der Waals surface area contributed by atoms with Crippen LogP contribution in [0.25, 0.3) is 116 Å². The van der Waals surface area contributed by atoms with Crippen molar-refractivity contribution in [2.75, 3.05) is 9.80 Å². The summed E-state index contributed by atoms with van der Waals surface area (Å²) >= 11 is 0. The van der Waals surface area contributed by atoms with Gasteiger partial charge in [0.05, 0.1) is 27.5 Å². The van der Waals surface area contributed by atoms with Crippen molar-refractivity contribution in [3.63, 3.8) is 0 Å². The summed E-state index contributed by atoms with van der Waals surface area (Å²) in [4.78, 5) is 5.09. The van der Waals surface area contributed by atoms with Crippen LogP contribution in [0.15, 0.2) is 364 Å². The molecule has 0 amide bonds. The monoisotopic (exact) mass is 1500 g/mol. The number of nitrogens with zero attached hydrogens (tertiary/aromatic N) is 5. The number of para-hydroxylation sites is 5. The summed E-state index contributed by atoms with van der Waals surface area (Å²) in [6, 6.07) is 100. The van der Waals surface area contributed by atoms with Gasteiger partial charge in [-0.1, -0.05) is 333 Å². The van der Waals surface area contributed by atoms with E-state index in [1.165, 1.54) is 11.1 Å². The summed E-state index contributed by atoms with van der Waals surface area (Å²) in [5.74, 6) is 0. The van der Waals surface area contributed by atoms with E-state index in [0.717, 1.165) is 150 Å². The lowest BCUT2D eigenvalue weighted by atomic mass is 9.33. The van der Waals surface area contributed by atoms with Crippen LogP contribution in [0.5, 0.6) is 0 Å². The maximum Gasteiger partial charge on any atom is 0.252 e. The Morgan fingerprint density at radius 1 is 0.302 bits per heavy atom. The highest BCUT2D eigenvalue weighted by Gasteiger charge is 2.44. The Kier molecular flexibility index (Phi) is 14.3. The van der Waals surface area contributed by atoms with Crippen LogP contribution in [0.3, 0.4) is 0 Å². The lowest BCUT2D eigenvalue weighted by Gasteiger charge is -2.45. The van der Waals surface area contributed by atoms with Crippen molar-refractivity contribution in [1.29, 1.82) is 0 Å². The zero-order valence-electron chi connectivity index (χ0n) is 77.8. The van der Waals surface area contributed by atoms with Gasteiger partial charge in [0.1, 0.15) is 0 Å². The number of benzene rings is 16. The third kappa shape index (κ3) is 12.2. The predicted octanol–water partition coefficient (Wildman–Crippen LogP) is 26.0. The summed E-state index contributed by atoms with van der Waals surface area (Å²) in [5, 5.41) is 3.35. The minimum Gasteiger partial charge on any atom is -0.340 e. The molecule has 6 heteroatoms. The van der Waals surface area contributed by atoms with Crippen molar-refractivity contribution in [2.24, 2.45) is 0 Å². The van der Waals surface area contributed by atoms with Crippen molar-refractivity contribution < 1.29 is 16.4 Å². The third-order valence-electron chi connectivity index (χ3n) is 24.3. The molecule has 0 aliphatic carbocycles. The largest absolute Gasteiger partial charge is 0.340 e. The molecule has 5 nitrogen and oxygen atoms in total. The molecule has 116 heavy (non-hydrogen) atoms. The van der Waals surface area contributed by atoms with Gasteiger partial charge in [-0.15, -0.1) is 0 Å². The van der Waals surface area contributed by atoms with Gasteiger partial charge in [0.25, 0.3) is 6.71 Å². The Morgan fingerprint density at radius 3 is 1.28 bits per heavy atom. The van der Waals surface area contributed by atoms with Gasteiger partial charge >= 0.3 is 0 Å².